The molecule has 1 saturated heterocycles. The maximum Gasteiger partial charge on any atom is 0.328 e. The zero-order chi connectivity index (χ0) is 15.9. The van der Waals surface area contributed by atoms with Gasteiger partial charge in [-0.3, -0.25) is 9.69 Å². The first-order valence-corrected chi connectivity index (χ1v) is 8.54. The van der Waals surface area contributed by atoms with Crippen molar-refractivity contribution in [2.75, 3.05) is 31.7 Å². The Labute approximate surface area is 135 Å². The quantitative estimate of drug-likeness (QED) is 0.832. The van der Waals surface area contributed by atoms with Crippen molar-refractivity contribution in [2.24, 2.45) is 0 Å². The summed E-state index contributed by atoms with van der Waals surface area (Å²) in [6.45, 7) is 3.37. The number of carbonyl (C=O) groups excluding carboxylic acids is 2. The summed E-state index contributed by atoms with van der Waals surface area (Å²) in [4.78, 5) is 26.4. The molecule has 0 aliphatic carbocycles. The molecule has 120 valence electrons. The fourth-order valence-corrected chi connectivity index (χ4v) is 3.46. The van der Waals surface area contributed by atoms with Crippen molar-refractivity contribution >= 4 is 23.6 Å². The molecule has 1 heterocycles. The second-order valence-corrected chi connectivity index (χ2v) is 6.44. The number of esters is 1. The summed E-state index contributed by atoms with van der Waals surface area (Å²) < 4.78 is 4.67. The van der Waals surface area contributed by atoms with E-state index in [9.17, 15) is 9.59 Å². The van der Waals surface area contributed by atoms with E-state index in [-0.39, 0.29) is 11.9 Å². The third-order valence-electron chi connectivity index (χ3n) is 3.69. The van der Waals surface area contributed by atoms with Crippen LogP contribution in [0, 0.1) is 0 Å². The number of nitrogens with zero attached hydrogens (tertiary/aromatic N) is 1. The van der Waals surface area contributed by atoms with Gasteiger partial charge in [-0.25, -0.2) is 4.79 Å². The van der Waals surface area contributed by atoms with Gasteiger partial charge in [0.15, 0.2) is 0 Å². The Kier molecular flexibility index (Phi) is 6.27. The molecule has 0 spiro atoms. The number of rotatable bonds is 5. The molecule has 0 radical (unpaired) electrons. The van der Waals surface area contributed by atoms with E-state index in [1.165, 1.54) is 7.11 Å². The first-order chi connectivity index (χ1) is 10.6. The van der Waals surface area contributed by atoms with E-state index in [0.29, 0.717) is 0 Å². The third-order valence-corrected chi connectivity index (χ3v) is 4.63. The van der Waals surface area contributed by atoms with Crippen LogP contribution in [0.3, 0.4) is 0 Å². The molecule has 1 aliphatic heterocycles. The van der Waals surface area contributed by atoms with E-state index in [1.807, 2.05) is 42.1 Å². The Bertz CT molecular complexity index is 503. The molecule has 5 nitrogen and oxygen atoms in total. The van der Waals surface area contributed by atoms with Crippen molar-refractivity contribution in [3.63, 3.8) is 0 Å². The van der Waals surface area contributed by atoms with Gasteiger partial charge in [-0.15, -0.1) is 0 Å². The fourth-order valence-electron chi connectivity index (χ4n) is 2.53. The molecule has 6 heteroatoms. The third kappa shape index (κ3) is 4.24. The van der Waals surface area contributed by atoms with E-state index in [1.54, 1.807) is 6.92 Å². The van der Waals surface area contributed by atoms with E-state index < -0.39 is 12.0 Å². The number of amides is 1. The highest BCUT2D eigenvalue weighted by Gasteiger charge is 2.30. The van der Waals surface area contributed by atoms with Gasteiger partial charge >= 0.3 is 5.97 Å². The molecular weight excluding hydrogens is 300 g/mol. The largest absolute Gasteiger partial charge is 0.467 e. The smallest absolute Gasteiger partial charge is 0.328 e. The fraction of sp³-hybridized carbons (Fsp3) is 0.500. The summed E-state index contributed by atoms with van der Waals surface area (Å²) in [6.07, 6.45) is 0. The number of methoxy groups -OCH3 is 1. The van der Waals surface area contributed by atoms with E-state index in [4.69, 9.17) is 0 Å². The summed E-state index contributed by atoms with van der Waals surface area (Å²) >= 11 is 1.90. The van der Waals surface area contributed by atoms with E-state index in [2.05, 4.69) is 15.0 Å². The average Bonchev–Trinajstić information content (AvgIpc) is 2.56. The summed E-state index contributed by atoms with van der Waals surface area (Å²) in [5, 5.41) is 2.76. The Hall–Kier alpha value is -1.53. The molecular formula is C16H22N2O3S. The molecule has 1 amide bonds. The normalized spacial score (nSPS) is 18.3. The van der Waals surface area contributed by atoms with Crippen LogP contribution in [0.5, 0.6) is 0 Å². The van der Waals surface area contributed by atoms with Crippen LogP contribution in [-0.4, -0.2) is 54.5 Å². The van der Waals surface area contributed by atoms with Crippen LogP contribution in [0.4, 0.5) is 0 Å². The Morgan fingerprint density at radius 1 is 1.23 bits per heavy atom. The lowest BCUT2D eigenvalue weighted by molar-refractivity contribution is -0.145. The minimum atomic E-state index is -0.650. The Balaban J connectivity index is 2.16. The molecule has 1 aromatic carbocycles. The van der Waals surface area contributed by atoms with Crippen LogP contribution >= 0.6 is 11.8 Å². The first-order valence-electron chi connectivity index (χ1n) is 7.38. The van der Waals surface area contributed by atoms with Crippen molar-refractivity contribution in [3.05, 3.63) is 35.9 Å². The number of ether oxygens (including phenoxy) is 1. The second kappa shape index (κ2) is 8.19. The van der Waals surface area contributed by atoms with Crippen LogP contribution in [0.1, 0.15) is 18.5 Å². The summed E-state index contributed by atoms with van der Waals surface area (Å²) in [6, 6.07) is 8.68. The maximum absolute atomic E-state index is 12.7. The van der Waals surface area contributed by atoms with Gasteiger partial charge in [-0.2, -0.15) is 11.8 Å². The summed E-state index contributed by atoms with van der Waals surface area (Å²) in [5.74, 6) is 1.44. The average molecular weight is 322 g/mol. The Morgan fingerprint density at radius 3 is 2.45 bits per heavy atom. The lowest BCUT2D eigenvalue weighted by Gasteiger charge is -2.34. The monoisotopic (exact) mass is 322 g/mol. The SMILES string of the molecule is COC(=O)[C@H](C)NC(=O)C(c1ccccc1)N1CCSCC1. The predicted molar refractivity (Wildman–Crippen MR) is 87.7 cm³/mol. The lowest BCUT2D eigenvalue weighted by atomic mass is 10.0. The highest BCUT2D eigenvalue weighted by atomic mass is 32.2. The standard InChI is InChI=1S/C16H22N2O3S/c1-12(16(20)21-2)17-15(19)14(13-6-4-3-5-7-13)18-8-10-22-11-9-18/h3-7,12,14H,8-11H2,1-2H3,(H,17,19)/t12-,14?/m0/s1. The van der Waals surface area contributed by atoms with Crippen LogP contribution in [-0.2, 0) is 14.3 Å². The highest BCUT2D eigenvalue weighted by Crippen LogP contribution is 2.24. The topological polar surface area (TPSA) is 58.6 Å². The summed E-state index contributed by atoms with van der Waals surface area (Å²) in [5.41, 5.74) is 0.948. The number of thioether (sulfide) groups is 1. The molecule has 1 aromatic rings. The van der Waals surface area contributed by atoms with Crippen LogP contribution in [0.15, 0.2) is 30.3 Å². The van der Waals surface area contributed by atoms with Crippen molar-refractivity contribution in [1.82, 2.24) is 10.2 Å². The first kappa shape index (κ1) is 16.8. The van der Waals surface area contributed by atoms with Crippen LogP contribution in [0.25, 0.3) is 0 Å². The molecule has 1 unspecified atom stereocenters. The minimum absolute atomic E-state index is 0.156. The number of hydrogen-bond acceptors (Lipinski definition) is 5. The lowest BCUT2D eigenvalue weighted by Crippen LogP contribution is -2.48. The molecule has 0 saturated carbocycles. The molecule has 22 heavy (non-hydrogen) atoms. The van der Waals surface area contributed by atoms with Gasteiger partial charge < -0.3 is 10.1 Å². The number of benzene rings is 1. The van der Waals surface area contributed by atoms with E-state index in [0.717, 1.165) is 30.2 Å². The summed E-state index contributed by atoms with van der Waals surface area (Å²) in [7, 11) is 1.32. The van der Waals surface area contributed by atoms with Crippen molar-refractivity contribution in [2.45, 2.75) is 19.0 Å². The Morgan fingerprint density at radius 2 is 1.86 bits per heavy atom. The van der Waals surface area contributed by atoms with Gasteiger partial charge in [0.25, 0.3) is 0 Å². The molecule has 0 bridgehead atoms. The van der Waals surface area contributed by atoms with Gasteiger partial charge in [0, 0.05) is 24.6 Å². The van der Waals surface area contributed by atoms with Crippen LogP contribution < -0.4 is 5.32 Å². The second-order valence-electron chi connectivity index (χ2n) is 5.21. The molecule has 2 atom stereocenters. The van der Waals surface area contributed by atoms with Gasteiger partial charge in [0.05, 0.1) is 7.11 Å². The zero-order valence-corrected chi connectivity index (χ0v) is 13.8. The molecule has 2 rings (SSSR count). The highest BCUT2D eigenvalue weighted by molar-refractivity contribution is 7.99. The molecule has 1 N–H and O–H groups in total. The molecule has 0 aromatic heterocycles. The predicted octanol–water partition coefficient (Wildman–Crippen LogP) is 1.45. The van der Waals surface area contributed by atoms with Gasteiger partial charge in [0.2, 0.25) is 5.91 Å². The number of carbonyl (C=O) groups is 2. The molecule has 1 fully saturated rings. The maximum atomic E-state index is 12.7. The van der Waals surface area contributed by atoms with Gasteiger partial charge in [-0.05, 0) is 12.5 Å². The van der Waals surface area contributed by atoms with Crippen molar-refractivity contribution < 1.29 is 14.3 Å². The molecule has 1 aliphatic rings. The van der Waals surface area contributed by atoms with Crippen molar-refractivity contribution in [3.8, 4) is 0 Å². The van der Waals surface area contributed by atoms with Gasteiger partial charge in [0.1, 0.15) is 12.1 Å². The van der Waals surface area contributed by atoms with E-state index >= 15 is 0 Å². The number of hydrogen-bond donors (Lipinski definition) is 1. The number of nitrogens with one attached hydrogen (secondary N) is 1. The minimum Gasteiger partial charge on any atom is -0.467 e. The van der Waals surface area contributed by atoms with Crippen LogP contribution in [0.2, 0.25) is 0 Å². The van der Waals surface area contributed by atoms with Crippen molar-refractivity contribution in [1.29, 1.82) is 0 Å². The zero-order valence-electron chi connectivity index (χ0n) is 13.0. The van der Waals surface area contributed by atoms with Gasteiger partial charge in [-0.1, -0.05) is 30.3 Å².